The predicted octanol–water partition coefficient (Wildman–Crippen LogP) is 1.29. The standard InChI is InChI=1S/C15H15F3N4O5S/c1-3-22(28(25,26)14(17)18)11-8(5-4-6-9(11)16)12(24)13-19-10(7-23)20-15(21-13)27-2/h4-7,12,14,24H,3H2,1-2H3. The molecule has 9 nitrogen and oxygen atoms in total. The van der Waals surface area contributed by atoms with Crippen LogP contribution < -0.4 is 9.04 Å². The van der Waals surface area contributed by atoms with E-state index in [9.17, 15) is 31.5 Å². The minimum atomic E-state index is -5.21. The molecule has 0 saturated heterocycles. The molecule has 1 heterocycles. The fourth-order valence-corrected chi connectivity index (χ4v) is 3.37. The van der Waals surface area contributed by atoms with Crippen LogP contribution in [0.5, 0.6) is 6.01 Å². The first kappa shape index (κ1) is 21.5. The number of aldehydes is 1. The number of halogens is 3. The second kappa shape index (κ2) is 8.48. The van der Waals surface area contributed by atoms with Crippen LogP contribution in [0.15, 0.2) is 18.2 Å². The molecule has 1 aromatic carbocycles. The zero-order valence-corrected chi connectivity index (χ0v) is 15.4. The number of benzene rings is 1. The first-order chi connectivity index (χ1) is 13.2. The van der Waals surface area contributed by atoms with Crippen molar-refractivity contribution in [2.45, 2.75) is 18.8 Å². The van der Waals surface area contributed by atoms with Gasteiger partial charge in [-0.05, 0) is 13.0 Å². The van der Waals surface area contributed by atoms with E-state index < -0.39 is 57.1 Å². The third kappa shape index (κ3) is 4.04. The third-order valence-corrected chi connectivity index (χ3v) is 5.07. The summed E-state index contributed by atoms with van der Waals surface area (Å²) in [4.78, 5) is 22.0. The topological polar surface area (TPSA) is 123 Å². The molecule has 28 heavy (non-hydrogen) atoms. The highest BCUT2D eigenvalue weighted by molar-refractivity contribution is 7.93. The Kier molecular flexibility index (Phi) is 6.51. The highest BCUT2D eigenvalue weighted by atomic mass is 32.2. The van der Waals surface area contributed by atoms with Gasteiger partial charge in [-0.3, -0.25) is 9.10 Å². The van der Waals surface area contributed by atoms with E-state index in [1.54, 1.807) is 0 Å². The van der Waals surface area contributed by atoms with E-state index in [4.69, 9.17) is 4.74 Å². The van der Waals surface area contributed by atoms with E-state index >= 15 is 0 Å². The monoisotopic (exact) mass is 420 g/mol. The summed E-state index contributed by atoms with van der Waals surface area (Å²) < 4.78 is 69.3. The molecule has 0 saturated carbocycles. The molecule has 0 aliphatic rings. The maximum absolute atomic E-state index is 14.5. The molecule has 0 aliphatic carbocycles. The number of carbonyl (C=O) groups is 1. The van der Waals surface area contributed by atoms with Gasteiger partial charge in [0, 0.05) is 12.1 Å². The van der Waals surface area contributed by atoms with Gasteiger partial charge in [-0.2, -0.15) is 18.7 Å². The van der Waals surface area contributed by atoms with E-state index in [0.29, 0.717) is 0 Å². The SMILES string of the molecule is CCN(c1c(F)cccc1C(O)c1nc(C=O)nc(OC)n1)S(=O)(=O)C(F)F. The van der Waals surface area contributed by atoms with E-state index in [-0.39, 0.29) is 16.6 Å². The van der Waals surface area contributed by atoms with Gasteiger partial charge in [0.25, 0.3) is 10.0 Å². The molecule has 0 radical (unpaired) electrons. The van der Waals surface area contributed by atoms with Crippen molar-refractivity contribution in [1.82, 2.24) is 15.0 Å². The average Bonchev–Trinajstić information content (AvgIpc) is 2.68. The van der Waals surface area contributed by atoms with Crippen molar-refractivity contribution in [2.24, 2.45) is 0 Å². The summed E-state index contributed by atoms with van der Waals surface area (Å²) >= 11 is 0. The maximum Gasteiger partial charge on any atom is 0.355 e. The summed E-state index contributed by atoms with van der Waals surface area (Å²) in [5, 5.41) is 10.6. The van der Waals surface area contributed by atoms with E-state index in [0.717, 1.165) is 18.2 Å². The van der Waals surface area contributed by atoms with Crippen LogP contribution >= 0.6 is 0 Å². The molecule has 0 spiro atoms. The number of ether oxygens (including phenoxy) is 1. The Morgan fingerprint density at radius 3 is 2.50 bits per heavy atom. The molecule has 0 bridgehead atoms. The van der Waals surface area contributed by atoms with Crippen LogP contribution in [0.1, 0.15) is 35.0 Å². The van der Waals surface area contributed by atoms with Gasteiger partial charge in [0.2, 0.25) is 0 Å². The lowest BCUT2D eigenvalue weighted by molar-refractivity contribution is 0.111. The molecular weight excluding hydrogens is 405 g/mol. The zero-order chi connectivity index (χ0) is 21.1. The summed E-state index contributed by atoms with van der Waals surface area (Å²) in [5.74, 6) is -5.85. The van der Waals surface area contributed by atoms with Crippen molar-refractivity contribution in [3.63, 3.8) is 0 Å². The van der Waals surface area contributed by atoms with Crippen molar-refractivity contribution >= 4 is 22.0 Å². The maximum atomic E-state index is 14.5. The Morgan fingerprint density at radius 2 is 1.96 bits per heavy atom. The van der Waals surface area contributed by atoms with E-state index in [2.05, 4.69) is 15.0 Å². The van der Waals surface area contributed by atoms with Gasteiger partial charge in [-0.25, -0.2) is 17.8 Å². The molecule has 2 aromatic rings. The number of hydrogen-bond acceptors (Lipinski definition) is 8. The molecule has 2 rings (SSSR count). The number of anilines is 1. The lowest BCUT2D eigenvalue weighted by Crippen LogP contribution is -2.37. The van der Waals surface area contributed by atoms with Crippen LogP contribution in [0.2, 0.25) is 0 Å². The molecule has 152 valence electrons. The number of aromatic nitrogens is 3. The number of aliphatic hydroxyl groups is 1. The van der Waals surface area contributed by atoms with Crippen molar-refractivity contribution in [2.75, 3.05) is 18.0 Å². The van der Waals surface area contributed by atoms with Gasteiger partial charge in [0.05, 0.1) is 12.8 Å². The minimum Gasteiger partial charge on any atom is -0.467 e. The van der Waals surface area contributed by atoms with Gasteiger partial charge in [-0.15, -0.1) is 0 Å². The number of carbonyl (C=O) groups excluding carboxylic acids is 1. The van der Waals surface area contributed by atoms with Crippen LogP contribution in [-0.4, -0.2) is 54.2 Å². The average molecular weight is 420 g/mol. The molecule has 1 N–H and O–H groups in total. The van der Waals surface area contributed by atoms with Gasteiger partial charge < -0.3 is 9.84 Å². The Labute approximate surface area is 157 Å². The van der Waals surface area contributed by atoms with Crippen LogP contribution in [-0.2, 0) is 10.0 Å². The second-order valence-electron chi connectivity index (χ2n) is 5.21. The summed E-state index contributed by atoms with van der Waals surface area (Å²) in [6.45, 7) is 0.687. The number of aliphatic hydroxyl groups excluding tert-OH is 1. The van der Waals surface area contributed by atoms with Crippen molar-refractivity contribution in [3.8, 4) is 6.01 Å². The Bertz CT molecular complexity index is 974. The molecule has 0 amide bonds. The normalized spacial score (nSPS) is 12.7. The molecule has 1 unspecified atom stereocenters. The minimum absolute atomic E-state index is 0.143. The van der Waals surface area contributed by atoms with Crippen molar-refractivity contribution < 1.29 is 36.2 Å². The molecule has 1 aromatic heterocycles. The zero-order valence-electron chi connectivity index (χ0n) is 14.6. The summed E-state index contributed by atoms with van der Waals surface area (Å²) in [6, 6.07) is 2.76. The van der Waals surface area contributed by atoms with Crippen LogP contribution in [0.25, 0.3) is 0 Å². The second-order valence-corrected chi connectivity index (χ2v) is 7.03. The lowest BCUT2D eigenvalue weighted by Gasteiger charge is -2.26. The fourth-order valence-electron chi connectivity index (χ4n) is 2.37. The van der Waals surface area contributed by atoms with Crippen LogP contribution in [0.3, 0.4) is 0 Å². The quantitative estimate of drug-likeness (QED) is 0.634. The summed E-state index contributed by atoms with van der Waals surface area (Å²) in [6.07, 6.45) is -1.63. The number of para-hydroxylation sites is 1. The molecule has 0 aliphatic heterocycles. The largest absolute Gasteiger partial charge is 0.467 e. The van der Waals surface area contributed by atoms with E-state index in [1.165, 1.54) is 14.0 Å². The number of alkyl halides is 2. The number of nitrogens with zero attached hydrogens (tertiary/aromatic N) is 4. The number of rotatable bonds is 8. The highest BCUT2D eigenvalue weighted by Crippen LogP contribution is 2.34. The Morgan fingerprint density at radius 1 is 1.29 bits per heavy atom. The Balaban J connectivity index is 2.68. The van der Waals surface area contributed by atoms with Crippen LogP contribution in [0.4, 0.5) is 18.9 Å². The van der Waals surface area contributed by atoms with E-state index in [1.807, 2.05) is 0 Å². The molecule has 1 atom stereocenters. The molecule has 13 heteroatoms. The highest BCUT2D eigenvalue weighted by Gasteiger charge is 2.35. The Hall–Kier alpha value is -2.80. The van der Waals surface area contributed by atoms with Gasteiger partial charge in [0.1, 0.15) is 11.9 Å². The number of hydrogen-bond donors (Lipinski definition) is 1. The lowest BCUT2D eigenvalue weighted by atomic mass is 10.1. The first-order valence-corrected chi connectivity index (χ1v) is 9.19. The number of methoxy groups -OCH3 is 1. The van der Waals surface area contributed by atoms with Crippen LogP contribution in [0, 0.1) is 5.82 Å². The predicted molar refractivity (Wildman–Crippen MR) is 90.2 cm³/mol. The summed E-state index contributed by atoms with van der Waals surface area (Å²) in [5.41, 5.74) is -1.19. The van der Waals surface area contributed by atoms with Gasteiger partial charge in [-0.1, -0.05) is 12.1 Å². The third-order valence-electron chi connectivity index (χ3n) is 3.56. The molecule has 0 fully saturated rings. The smallest absolute Gasteiger partial charge is 0.355 e. The molecular formula is C15H15F3N4O5S. The van der Waals surface area contributed by atoms with Crippen molar-refractivity contribution in [3.05, 3.63) is 41.2 Å². The van der Waals surface area contributed by atoms with Gasteiger partial charge >= 0.3 is 11.8 Å². The van der Waals surface area contributed by atoms with Crippen molar-refractivity contribution in [1.29, 1.82) is 0 Å². The number of sulfonamides is 1. The van der Waals surface area contributed by atoms with Gasteiger partial charge in [0.15, 0.2) is 17.9 Å². The fraction of sp³-hybridized carbons (Fsp3) is 0.333. The first-order valence-electron chi connectivity index (χ1n) is 7.68. The summed E-state index contributed by atoms with van der Waals surface area (Å²) in [7, 11) is -4.03.